The summed E-state index contributed by atoms with van der Waals surface area (Å²) in [5, 5.41) is 2.76. The lowest BCUT2D eigenvalue weighted by Gasteiger charge is -2.29. The summed E-state index contributed by atoms with van der Waals surface area (Å²) >= 11 is 1.93. The van der Waals surface area contributed by atoms with Gasteiger partial charge in [-0.15, -0.1) is 11.3 Å². The van der Waals surface area contributed by atoms with E-state index in [4.69, 9.17) is 0 Å². The standard InChI is InChI=1S/C31H26S/c1-3-31(4-2)27-18-12-11-17-23(27)24-19-25-26(20-28(24)31)30(22-15-9-6-10-16-22)32-29(25)21-13-7-5-8-14-21/h5-20H,3-4H2,1-2H3. The summed E-state index contributed by atoms with van der Waals surface area (Å²) < 4.78 is 0. The molecule has 0 aliphatic heterocycles. The van der Waals surface area contributed by atoms with Crippen molar-refractivity contribution >= 4 is 22.1 Å². The highest BCUT2D eigenvalue weighted by molar-refractivity contribution is 7.21. The minimum atomic E-state index is 0.100. The minimum absolute atomic E-state index is 0.100. The van der Waals surface area contributed by atoms with E-state index in [1.165, 1.54) is 53.9 Å². The van der Waals surface area contributed by atoms with Gasteiger partial charge in [0.15, 0.2) is 0 Å². The Morgan fingerprint density at radius 1 is 0.562 bits per heavy atom. The van der Waals surface area contributed by atoms with Crippen molar-refractivity contribution in [2.24, 2.45) is 0 Å². The molecule has 156 valence electrons. The van der Waals surface area contributed by atoms with Crippen LogP contribution in [0.2, 0.25) is 0 Å². The quantitative estimate of drug-likeness (QED) is 0.266. The molecule has 6 rings (SSSR count). The second-order valence-electron chi connectivity index (χ2n) is 8.77. The van der Waals surface area contributed by atoms with Gasteiger partial charge in [-0.05, 0) is 58.4 Å². The molecule has 0 N–H and O–H groups in total. The Bertz CT molecular complexity index is 1420. The molecule has 0 fully saturated rings. The van der Waals surface area contributed by atoms with E-state index in [-0.39, 0.29) is 5.41 Å². The van der Waals surface area contributed by atoms with E-state index in [2.05, 4.69) is 111 Å². The van der Waals surface area contributed by atoms with Gasteiger partial charge in [0.05, 0.1) is 0 Å². The molecule has 1 heterocycles. The Morgan fingerprint density at radius 2 is 1.09 bits per heavy atom. The molecule has 5 aromatic rings. The largest absolute Gasteiger partial charge is 0.134 e. The smallest absolute Gasteiger partial charge is 0.0428 e. The molecule has 32 heavy (non-hydrogen) atoms. The second kappa shape index (κ2) is 7.46. The van der Waals surface area contributed by atoms with E-state index < -0.39 is 0 Å². The molecule has 4 aromatic carbocycles. The average Bonchev–Trinajstić information content (AvgIpc) is 3.37. The number of rotatable bonds is 4. The van der Waals surface area contributed by atoms with Crippen molar-refractivity contribution in [3.05, 3.63) is 108 Å². The van der Waals surface area contributed by atoms with Crippen molar-refractivity contribution < 1.29 is 0 Å². The van der Waals surface area contributed by atoms with Gasteiger partial charge in [-0.1, -0.05) is 98.8 Å². The molecule has 0 atom stereocenters. The van der Waals surface area contributed by atoms with Crippen LogP contribution in [-0.2, 0) is 5.41 Å². The van der Waals surface area contributed by atoms with Crippen LogP contribution < -0.4 is 0 Å². The molecule has 0 unspecified atom stereocenters. The number of hydrogen-bond donors (Lipinski definition) is 0. The normalized spacial score (nSPS) is 13.8. The van der Waals surface area contributed by atoms with E-state index in [0.717, 1.165) is 12.8 Å². The summed E-state index contributed by atoms with van der Waals surface area (Å²) in [7, 11) is 0. The maximum Gasteiger partial charge on any atom is 0.0428 e. The van der Waals surface area contributed by atoms with Crippen LogP contribution in [-0.4, -0.2) is 0 Å². The molecule has 0 radical (unpaired) electrons. The van der Waals surface area contributed by atoms with Crippen molar-refractivity contribution in [3.63, 3.8) is 0 Å². The zero-order valence-electron chi connectivity index (χ0n) is 18.6. The maximum atomic E-state index is 2.53. The van der Waals surface area contributed by atoms with Crippen LogP contribution in [0.25, 0.3) is 42.8 Å². The van der Waals surface area contributed by atoms with Gasteiger partial charge < -0.3 is 0 Å². The first-order valence-electron chi connectivity index (χ1n) is 11.6. The summed E-state index contributed by atoms with van der Waals surface area (Å²) in [5.41, 5.74) is 8.55. The van der Waals surface area contributed by atoms with Gasteiger partial charge in [0.1, 0.15) is 0 Å². The number of thiophene rings is 1. The van der Waals surface area contributed by atoms with Gasteiger partial charge in [0.25, 0.3) is 0 Å². The predicted molar refractivity (Wildman–Crippen MR) is 139 cm³/mol. The van der Waals surface area contributed by atoms with Gasteiger partial charge in [-0.25, -0.2) is 0 Å². The molecule has 0 saturated carbocycles. The zero-order chi connectivity index (χ0) is 21.7. The Kier molecular flexibility index (Phi) is 4.55. The highest BCUT2D eigenvalue weighted by atomic mass is 32.1. The summed E-state index contributed by atoms with van der Waals surface area (Å²) in [6.07, 6.45) is 2.24. The molecule has 0 saturated heterocycles. The first kappa shape index (κ1) is 19.5. The summed E-state index contributed by atoms with van der Waals surface area (Å²) in [4.78, 5) is 2.74. The molecular weight excluding hydrogens is 404 g/mol. The first-order chi connectivity index (χ1) is 15.8. The van der Waals surface area contributed by atoms with Crippen LogP contribution in [0.15, 0.2) is 97.1 Å². The monoisotopic (exact) mass is 430 g/mol. The Labute approximate surface area is 194 Å². The van der Waals surface area contributed by atoms with Crippen molar-refractivity contribution in [1.82, 2.24) is 0 Å². The second-order valence-corrected chi connectivity index (χ2v) is 9.79. The van der Waals surface area contributed by atoms with E-state index in [1.54, 1.807) is 0 Å². The lowest BCUT2D eigenvalue weighted by Crippen LogP contribution is -2.22. The van der Waals surface area contributed by atoms with E-state index >= 15 is 0 Å². The topological polar surface area (TPSA) is 0 Å². The number of fused-ring (bicyclic) bond motifs is 4. The van der Waals surface area contributed by atoms with Gasteiger partial charge in [0, 0.05) is 25.9 Å². The predicted octanol–water partition coefficient (Wildman–Crippen LogP) is 9.32. The van der Waals surface area contributed by atoms with Gasteiger partial charge in [-0.2, -0.15) is 0 Å². The van der Waals surface area contributed by atoms with Crippen LogP contribution in [0.3, 0.4) is 0 Å². The van der Waals surface area contributed by atoms with Crippen LogP contribution in [0.1, 0.15) is 37.8 Å². The Morgan fingerprint density at radius 3 is 1.69 bits per heavy atom. The maximum absolute atomic E-state index is 2.53. The highest BCUT2D eigenvalue weighted by Crippen LogP contribution is 2.56. The third kappa shape index (κ3) is 2.68. The molecule has 0 bridgehead atoms. The fraction of sp³-hybridized carbons (Fsp3) is 0.161. The zero-order valence-corrected chi connectivity index (χ0v) is 19.4. The minimum Gasteiger partial charge on any atom is -0.134 e. The number of benzene rings is 4. The van der Waals surface area contributed by atoms with Gasteiger partial charge in [0.2, 0.25) is 0 Å². The Hall–Kier alpha value is -3.16. The fourth-order valence-electron chi connectivity index (χ4n) is 5.71. The average molecular weight is 431 g/mol. The first-order valence-corrected chi connectivity index (χ1v) is 12.4. The van der Waals surface area contributed by atoms with Crippen LogP contribution in [0.4, 0.5) is 0 Å². The molecule has 1 aliphatic rings. The molecule has 1 aromatic heterocycles. The SMILES string of the molecule is CCC1(CC)c2ccccc2-c2cc3c(-c4ccccc4)sc(-c4ccccc4)c3cc21. The molecule has 1 aliphatic carbocycles. The van der Waals surface area contributed by atoms with Crippen molar-refractivity contribution in [2.45, 2.75) is 32.1 Å². The molecule has 0 nitrogen and oxygen atoms in total. The van der Waals surface area contributed by atoms with Crippen molar-refractivity contribution in [1.29, 1.82) is 0 Å². The van der Waals surface area contributed by atoms with E-state index in [1.807, 2.05) is 11.3 Å². The Balaban J connectivity index is 1.73. The molecule has 1 heteroatoms. The summed E-state index contributed by atoms with van der Waals surface area (Å²) in [5.74, 6) is 0. The van der Waals surface area contributed by atoms with Crippen LogP contribution in [0, 0.1) is 0 Å². The number of hydrogen-bond acceptors (Lipinski definition) is 1. The van der Waals surface area contributed by atoms with Crippen molar-refractivity contribution in [2.75, 3.05) is 0 Å². The lowest BCUT2D eigenvalue weighted by molar-refractivity contribution is 0.491. The van der Waals surface area contributed by atoms with Gasteiger partial charge >= 0.3 is 0 Å². The molecular formula is C31H26S. The van der Waals surface area contributed by atoms with Crippen molar-refractivity contribution in [3.8, 4) is 32.0 Å². The van der Waals surface area contributed by atoms with Crippen LogP contribution >= 0.6 is 11.3 Å². The highest BCUT2D eigenvalue weighted by Gasteiger charge is 2.40. The summed E-state index contributed by atoms with van der Waals surface area (Å²) in [6.45, 7) is 4.70. The van der Waals surface area contributed by atoms with Gasteiger partial charge in [-0.3, -0.25) is 0 Å². The lowest BCUT2D eigenvalue weighted by atomic mass is 9.73. The van der Waals surface area contributed by atoms with E-state index in [9.17, 15) is 0 Å². The van der Waals surface area contributed by atoms with Crippen LogP contribution in [0.5, 0.6) is 0 Å². The summed E-state index contributed by atoms with van der Waals surface area (Å²) in [6, 6.07) is 35.8. The third-order valence-corrected chi connectivity index (χ3v) is 8.70. The molecule has 0 amide bonds. The fourth-order valence-corrected chi connectivity index (χ4v) is 6.98. The molecule has 0 spiro atoms. The van der Waals surface area contributed by atoms with E-state index in [0.29, 0.717) is 0 Å². The third-order valence-electron chi connectivity index (χ3n) is 7.38.